The van der Waals surface area contributed by atoms with Gasteiger partial charge in [0.05, 0.1) is 23.1 Å². The van der Waals surface area contributed by atoms with Gasteiger partial charge >= 0.3 is 6.18 Å². The highest BCUT2D eigenvalue weighted by Gasteiger charge is 2.55. The number of hydrogen-bond acceptors (Lipinski definition) is 5. The van der Waals surface area contributed by atoms with Gasteiger partial charge in [-0.3, -0.25) is 9.83 Å². The first-order valence-electron chi connectivity index (χ1n) is 12.1. The number of nitrogens with zero attached hydrogens (tertiary/aromatic N) is 3. The van der Waals surface area contributed by atoms with Gasteiger partial charge in [0, 0.05) is 29.4 Å². The Labute approximate surface area is 218 Å². The molecule has 0 bridgehead atoms. The van der Waals surface area contributed by atoms with Crippen molar-refractivity contribution in [2.75, 3.05) is 20.2 Å². The van der Waals surface area contributed by atoms with Crippen molar-refractivity contribution in [3.05, 3.63) is 64.5 Å². The highest BCUT2D eigenvalue weighted by molar-refractivity contribution is 8.04. The van der Waals surface area contributed by atoms with Crippen molar-refractivity contribution >= 4 is 26.7 Å². The second kappa shape index (κ2) is 9.52. The molecule has 37 heavy (non-hydrogen) atoms. The highest BCUT2D eigenvalue weighted by atomic mass is 35.5. The van der Waals surface area contributed by atoms with Crippen molar-refractivity contribution in [2.45, 2.75) is 56.5 Å². The molecule has 2 fully saturated rings. The molecule has 4 aliphatic rings. The van der Waals surface area contributed by atoms with Crippen LogP contribution < -0.4 is 9.57 Å². The summed E-state index contributed by atoms with van der Waals surface area (Å²) in [5.41, 5.74) is 2.11. The Kier molecular flexibility index (Phi) is 6.79. The van der Waals surface area contributed by atoms with Gasteiger partial charge in [0.25, 0.3) is 15.7 Å². The molecule has 4 unspecified atom stereocenters. The van der Waals surface area contributed by atoms with Gasteiger partial charge in [-0.1, -0.05) is 29.8 Å². The lowest BCUT2D eigenvalue weighted by molar-refractivity contribution is -0.892. The number of rotatable bonds is 3. The number of halogens is 4. The Morgan fingerprint density at radius 2 is 2.05 bits per heavy atom. The Balaban J connectivity index is 1.41. The van der Waals surface area contributed by atoms with Gasteiger partial charge in [-0.15, -0.1) is 0 Å². The van der Waals surface area contributed by atoms with Crippen LogP contribution in [0.25, 0.3) is 0 Å². The topological polar surface area (TPSA) is 72.1 Å². The van der Waals surface area contributed by atoms with Crippen LogP contribution in [0, 0.1) is 5.92 Å². The molecule has 1 spiro atoms. The number of aliphatic imine (C=N–C) groups is 1. The molecule has 12 heteroatoms. The summed E-state index contributed by atoms with van der Waals surface area (Å²) in [6, 6.07) is 3.05. The normalized spacial score (nSPS) is 30.5. The Hall–Kier alpha value is -2.21. The number of alkyl halides is 3. The summed E-state index contributed by atoms with van der Waals surface area (Å²) < 4.78 is 75.4. The third kappa shape index (κ3) is 4.64. The van der Waals surface area contributed by atoms with Crippen molar-refractivity contribution in [1.29, 1.82) is 0 Å². The summed E-state index contributed by atoms with van der Waals surface area (Å²) in [4.78, 5) is 9.29. The second-order valence-electron chi connectivity index (χ2n) is 9.73. The molecule has 3 aliphatic heterocycles. The first-order chi connectivity index (χ1) is 17.5. The first-order valence-corrected chi connectivity index (χ1v) is 13.9. The van der Waals surface area contributed by atoms with Crippen molar-refractivity contribution < 1.29 is 35.9 Å². The van der Waals surface area contributed by atoms with Gasteiger partial charge in [-0.2, -0.15) is 17.5 Å². The summed E-state index contributed by atoms with van der Waals surface area (Å²) in [7, 11) is -2.51. The Morgan fingerprint density at radius 3 is 2.70 bits per heavy atom. The van der Waals surface area contributed by atoms with E-state index in [-0.39, 0.29) is 11.6 Å². The van der Waals surface area contributed by atoms with Crippen LogP contribution in [-0.2, 0) is 14.8 Å². The zero-order valence-corrected chi connectivity index (χ0v) is 22.0. The van der Waals surface area contributed by atoms with Crippen molar-refractivity contribution in [3.63, 3.8) is 0 Å². The maximum atomic E-state index is 13.4. The molecule has 0 amide bonds. The van der Waals surface area contributed by atoms with Gasteiger partial charge < -0.3 is 4.74 Å². The molecule has 1 aromatic heterocycles. The molecule has 0 aromatic carbocycles. The molecular weight excluding hydrogens is 531 g/mol. The third-order valence-corrected chi connectivity index (χ3v) is 9.63. The number of allylic oxidation sites excluding steroid dienone is 2. The lowest BCUT2D eigenvalue weighted by Gasteiger charge is -2.43. The van der Waals surface area contributed by atoms with E-state index in [2.05, 4.69) is 17.1 Å². The molecule has 4 atom stereocenters. The average molecular weight is 559 g/mol. The summed E-state index contributed by atoms with van der Waals surface area (Å²) in [5.74, 6) is -1.78. The molecule has 0 saturated carbocycles. The number of hydrogen-bond donors (Lipinski definition) is 0. The first kappa shape index (κ1) is 26.4. The quantitative estimate of drug-likeness (QED) is 0.524. The number of dihydropyridines is 1. The van der Waals surface area contributed by atoms with E-state index < -0.39 is 46.4 Å². The van der Waals surface area contributed by atoms with Gasteiger partial charge in [0.15, 0.2) is 11.1 Å². The maximum absolute atomic E-state index is 13.4. The second-order valence-corrected chi connectivity index (χ2v) is 12.0. The summed E-state index contributed by atoms with van der Waals surface area (Å²) >= 11 is 6.29. The summed E-state index contributed by atoms with van der Waals surface area (Å²) in [6.07, 6.45) is 5.50. The summed E-state index contributed by atoms with van der Waals surface area (Å²) in [6.45, 7) is 1.31. The molecule has 4 heterocycles. The fraction of sp³-hybridized carbons (Fsp3) is 0.520. The van der Waals surface area contributed by atoms with Crippen molar-refractivity contribution in [3.8, 4) is 0 Å². The monoisotopic (exact) mass is 558 g/mol. The number of sulfonamides is 1. The number of pyridine rings is 1. The fourth-order valence-corrected chi connectivity index (χ4v) is 7.48. The third-order valence-electron chi connectivity index (χ3n) is 7.44. The van der Waals surface area contributed by atoms with Crippen molar-refractivity contribution in [1.82, 2.24) is 4.31 Å². The van der Waals surface area contributed by atoms with Crippen LogP contribution in [-0.4, -0.2) is 55.8 Å². The van der Waals surface area contributed by atoms with Crippen LogP contribution in [0.5, 0.6) is 0 Å². The summed E-state index contributed by atoms with van der Waals surface area (Å²) in [5, 5.41) is 0.205. The zero-order valence-electron chi connectivity index (χ0n) is 20.4. The van der Waals surface area contributed by atoms with E-state index in [0.29, 0.717) is 17.9 Å². The van der Waals surface area contributed by atoms with Crippen LogP contribution in [0.1, 0.15) is 44.4 Å². The molecule has 7 nitrogen and oxygen atoms in total. The van der Waals surface area contributed by atoms with Gasteiger partial charge in [-0.05, 0) is 49.8 Å². The standard InChI is InChI=1S/C25H28ClF3N3O4S/c1-16-14-24(10-12-32(16)37(33,34)22-8-7-17(15-30-22)25(27,28)29)20-6-4-3-5-19(20)23(36-24)21-13-18(26)9-11-31(21)35-2/h5-9,11,13,16-17,23H,3-4,10,12,14-15H2,1-2H3/q+1. The zero-order chi connectivity index (χ0) is 26.6. The maximum Gasteiger partial charge on any atom is 0.396 e. The van der Waals surface area contributed by atoms with E-state index in [0.717, 1.165) is 41.8 Å². The van der Waals surface area contributed by atoms with E-state index in [4.69, 9.17) is 21.2 Å². The molecule has 2 saturated heterocycles. The molecule has 5 rings (SSSR count). The minimum atomic E-state index is -4.46. The van der Waals surface area contributed by atoms with Crippen LogP contribution in [0.3, 0.4) is 0 Å². The van der Waals surface area contributed by atoms with E-state index in [1.54, 1.807) is 37.1 Å². The molecular formula is C25H28ClF3N3O4S+. The van der Waals surface area contributed by atoms with Crippen LogP contribution in [0.4, 0.5) is 13.2 Å². The Bertz CT molecular complexity index is 1320. The van der Waals surface area contributed by atoms with E-state index in [1.165, 1.54) is 4.31 Å². The van der Waals surface area contributed by atoms with E-state index in [1.807, 2.05) is 0 Å². The molecule has 1 aliphatic carbocycles. The number of piperidine rings is 1. The fourth-order valence-electron chi connectivity index (χ4n) is 5.70. The SMILES string of the molecule is CO[n+]1ccc(Cl)cc1C1OC2(CCN(S(=O)(=O)C3=NCC(C(F)(F)F)C=C3)C(C)C2)C2=CCCC=C21. The number of ether oxygens (including phenoxy) is 1. The Morgan fingerprint density at radius 1 is 1.30 bits per heavy atom. The van der Waals surface area contributed by atoms with Gasteiger partial charge in [0.2, 0.25) is 6.20 Å². The molecule has 0 N–H and O–H groups in total. The van der Waals surface area contributed by atoms with Crippen molar-refractivity contribution in [2.24, 2.45) is 10.9 Å². The lowest BCUT2D eigenvalue weighted by Crippen LogP contribution is -2.53. The smallest absolute Gasteiger partial charge is 0.351 e. The average Bonchev–Trinajstić information content (AvgIpc) is 3.17. The lowest BCUT2D eigenvalue weighted by atomic mass is 9.78. The van der Waals surface area contributed by atoms with Crippen LogP contribution in [0.2, 0.25) is 5.02 Å². The molecule has 0 radical (unpaired) electrons. The predicted molar refractivity (Wildman–Crippen MR) is 131 cm³/mol. The van der Waals surface area contributed by atoms with Gasteiger partial charge in [-0.25, -0.2) is 8.42 Å². The minimum Gasteiger partial charge on any atom is -0.351 e. The molecule has 200 valence electrons. The van der Waals surface area contributed by atoms with Gasteiger partial charge in [0.1, 0.15) is 7.11 Å². The van der Waals surface area contributed by atoms with E-state index >= 15 is 0 Å². The number of aromatic nitrogens is 1. The largest absolute Gasteiger partial charge is 0.396 e. The predicted octanol–water partition coefficient (Wildman–Crippen LogP) is 4.10. The highest BCUT2D eigenvalue weighted by Crippen LogP contribution is 2.54. The minimum absolute atomic E-state index is 0.149. The van der Waals surface area contributed by atoms with Crippen LogP contribution >= 0.6 is 11.6 Å². The van der Waals surface area contributed by atoms with Crippen LogP contribution in [0.15, 0.2) is 58.8 Å². The molecule has 1 aromatic rings. The number of fused-ring (bicyclic) bond motifs is 2. The van der Waals surface area contributed by atoms with E-state index in [9.17, 15) is 21.6 Å².